The molecule has 2 N–H and O–H groups in total. The van der Waals surface area contributed by atoms with Crippen molar-refractivity contribution in [1.29, 1.82) is 0 Å². The number of aromatic nitrogens is 1. The summed E-state index contributed by atoms with van der Waals surface area (Å²) in [5.74, 6) is 2.10. The highest BCUT2D eigenvalue weighted by molar-refractivity contribution is 7.99. The van der Waals surface area contributed by atoms with Gasteiger partial charge in [0.05, 0.1) is 5.03 Å². The van der Waals surface area contributed by atoms with Gasteiger partial charge in [0, 0.05) is 19.4 Å². The van der Waals surface area contributed by atoms with Gasteiger partial charge in [-0.05, 0) is 18.1 Å². The van der Waals surface area contributed by atoms with Gasteiger partial charge in [-0.2, -0.15) is 0 Å². The van der Waals surface area contributed by atoms with Crippen LogP contribution in [0.5, 0.6) is 0 Å². The first-order chi connectivity index (χ1) is 6.76. The highest BCUT2D eigenvalue weighted by Crippen LogP contribution is 2.19. The van der Waals surface area contributed by atoms with Crippen LogP contribution in [0.2, 0.25) is 0 Å². The van der Waals surface area contributed by atoms with E-state index in [1.54, 1.807) is 11.8 Å². The molecule has 1 atom stereocenters. The Morgan fingerprint density at radius 2 is 2.36 bits per heavy atom. The minimum absolute atomic E-state index is 0.235. The zero-order chi connectivity index (χ0) is 10.4. The zero-order valence-corrected chi connectivity index (χ0v) is 9.34. The minimum atomic E-state index is 0.235. The molecule has 0 saturated heterocycles. The summed E-state index contributed by atoms with van der Waals surface area (Å²) in [6.45, 7) is 2.26. The first-order valence-corrected chi connectivity index (χ1v) is 5.63. The quantitative estimate of drug-likeness (QED) is 0.731. The molecule has 0 aliphatic carbocycles. The molecule has 1 aromatic rings. The van der Waals surface area contributed by atoms with Crippen molar-refractivity contribution in [2.75, 3.05) is 24.7 Å². The molecule has 0 aromatic carbocycles. The van der Waals surface area contributed by atoms with Crippen LogP contribution in [0.25, 0.3) is 0 Å². The number of anilines is 1. The number of thioether (sulfide) groups is 1. The van der Waals surface area contributed by atoms with Crippen molar-refractivity contribution < 1.29 is 5.11 Å². The fourth-order valence-electron chi connectivity index (χ4n) is 0.915. The molecule has 0 amide bonds. The van der Waals surface area contributed by atoms with Crippen molar-refractivity contribution in [3.8, 4) is 0 Å². The first kappa shape index (κ1) is 11.3. The zero-order valence-electron chi connectivity index (χ0n) is 8.53. The van der Waals surface area contributed by atoms with Crippen molar-refractivity contribution in [2.45, 2.75) is 11.9 Å². The third-order valence-electron chi connectivity index (χ3n) is 1.81. The summed E-state index contributed by atoms with van der Waals surface area (Å²) in [6.07, 6.45) is 0. The fraction of sp³-hybridized carbons (Fsp3) is 0.500. The average Bonchev–Trinajstić information content (AvgIpc) is 2.26. The van der Waals surface area contributed by atoms with Crippen LogP contribution in [0, 0.1) is 5.92 Å². The van der Waals surface area contributed by atoms with Gasteiger partial charge in [0.25, 0.3) is 0 Å². The Hall–Kier alpha value is -0.740. The highest BCUT2D eigenvalue weighted by atomic mass is 32.2. The molecule has 4 heteroatoms. The summed E-state index contributed by atoms with van der Waals surface area (Å²) in [5.41, 5.74) is 0. The molecule has 1 rings (SSSR count). The molecular weight excluding hydrogens is 196 g/mol. The van der Waals surface area contributed by atoms with Crippen LogP contribution in [0.3, 0.4) is 0 Å². The van der Waals surface area contributed by atoms with E-state index in [0.29, 0.717) is 5.92 Å². The van der Waals surface area contributed by atoms with Gasteiger partial charge in [-0.1, -0.05) is 13.0 Å². The second-order valence-corrected chi connectivity index (χ2v) is 4.25. The van der Waals surface area contributed by atoms with E-state index in [9.17, 15) is 0 Å². The Morgan fingerprint density at radius 1 is 1.57 bits per heavy atom. The largest absolute Gasteiger partial charge is 0.396 e. The van der Waals surface area contributed by atoms with Crippen LogP contribution in [-0.4, -0.2) is 29.5 Å². The average molecular weight is 212 g/mol. The summed E-state index contributed by atoms with van der Waals surface area (Å²) >= 11 is 1.67. The van der Waals surface area contributed by atoms with E-state index in [-0.39, 0.29) is 6.61 Å². The molecule has 1 heterocycles. The van der Waals surface area contributed by atoms with E-state index in [2.05, 4.69) is 10.3 Å². The molecule has 0 spiro atoms. The number of aliphatic hydroxyl groups excluding tert-OH is 1. The van der Waals surface area contributed by atoms with E-state index in [4.69, 9.17) is 5.11 Å². The molecular formula is C10H16N2OS. The van der Waals surface area contributed by atoms with Crippen molar-refractivity contribution in [1.82, 2.24) is 4.98 Å². The summed E-state index contributed by atoms with van der Waals surface area (Å²) in [6, 6.07) is 5.89. The fourth-order valence-corrected chi connectivity index (χ4v) is 1.81. The number of rotatable bonds is 5. The number of hydrogen-bond acceptors (Lipinski definition) is 4. The van der Waals surface area contributed by atoms with Crippen LogP contribution in [0.1, 0.15) is 6.92 Å². The number of aliphatic hydroxyl groups is 1. The molecule has 0 aliphatic heterocycles. The molecule has 0 aliphatic rings. The lowest BCUT2D eigenvalue weighted by molar-refractivity contribution is 0.250. The molecule has 0 bridgehead atoms. The molecule has 0 fully saturated rings. The molecule has 14 heavy (non-hydrogen) atoms. The second kappa shape index (κ2) is 5.88. The third-order valence-corrected chi connectivity index (χ3v) is 3.07. The van der Waals surface area contributed by atoms with Crippen molar-refractivity contribution in [3.05, 3.63) is 18.2 Å². The monoisotopic (exact) mass is 212 g/mol. The predicted octanol–water partition coefficient (Wildman–Crippen LogP) is 1.84. The van der Waals surface area contributed by atoms with E-state index in [0.717, 1.165) is 16.6 Å². The van der Waals surface area contributed by atoms with E-state index in [1.165, 1.54) is 0 Å². The van der Waals surface area contributed by atoms with Gasteiger partial charge in [-0.3, -0.25) is 0 Å². The van der Waals surface area contributed by atoms with E-state index >= 15 is 0 Å². The molecule has 0 saturated carbocycles. The Kier molecular flexibility index (Phi) is 4.76. The first-order valence-electron chi connectivity index (χ1n) is 4.64. The van der Waals surface area contributed by atoms with E-state index in [1.807, 2.05) is 32.2 Å². The maximum absolute atomic E-state index is 8.87. The van der Waals surface area contributed by atoms with Gasteiger partial charge in [0.15, 0.2) is 0 Å². The highest BCUT2D eigenvalue weighted by Gasteiger charge is 2.02. The Morgan fingerprint density at radius 3 is 3.00 bits per heavy atom. The number of nitrogens with one attached hydrogen (secondary N) is 1. The van der Waals surface area contributed by atoms with Gasteiger partial charge in [0.1, 0.15) is 5.82 Å². The minimum Gasteiger partial charge on any atom is -0.396 e. The molecule has 78 valence electrons. The van der Waals surface area contributed by atoms with Crippen molar-refractivity contribution in [3.63, 3.8) is 0 Å². The number of hydrogen-bond donors (Lipinski definition) is 2. The smallest absolute Gasteiger partial charge is 0.126 e. The lowest BCUT2D eigenvalue weighted by Crippen LogP contribution is -2.03. The molecule has 1 aromatic heterocycles. The van der Waals surface area contributed by atoms with Crippen LogP contribution in [-0.2, 0) is 0 Å². The third kappa shape index (κ3) is 3.55. The van der Waals surface area contributed by atoms with Gasteiger partial charge < -0.3 is 10.4 Å². The van der Waals surface area contributed by atoms with Gasteiger partial charge in [0.2, 0.25) is 0 Å². The molecule has 1 unspecified atom stereocenters. The van der Waals surface area contributed by atoms with Crippen LogP contribution >= 0.6 is 11.8 Å². The summed E-state index contributed by atoms with van der Waals surface area (Å²) in [4.78, 5) is 4.37. The number of pyridine rings is 1. The number of nitrogens with zero attached hydrogens (tertiary/aromatic N) is 1. The molecule has 3 nitrogen and oxygen atoms in total. The second-order valence-electron chi connectivity index (χ2n) is 3.21. The lowest BCUT2D eigenvalue weighted by Gasteiger charge is -2.07. The lowest BCUT2D eigenvalue weighted by atomic mass is 10.2. The van der Waals surface area contributed by atoms with Crippen LogP contribution in [0.4, 0.5) is 5.82 Å². The van der Waals surface area contributed by atoms with Gasteiger partial charge in [-0.25, -0.2) is 4.98 Å². The predicted molar refractivity (Wildman–Crippen MR) is 60.8 cm³/mol. The molecule has 0 radical (unpaired) electrons. The Bertz CT molecular complexity index is 281. The van der Waals surface area contributed by atoms with E-state index < -0.39 is 0 Å². The summed E-state index contributed by atoms with van der Waals surface area (Å²) < 4.78 is 0. The van der Waals surface area contributed by atoms with Crippen molar-refractivity contribution in [2.24, 2.45) is 5.92 Å². The SMILES string of the molecule is CNc1cccc(SCC(C)CO)n1. The van der Waals surface area contributed by atoms with Crippen LogP contribution in [0.15, 0.2) is 23.2 Å². The maximum Gasteiger partial charge on any atom is 0.126 e. The van der Waals surface area contributed by atoms with Crippen molar-refractivity contribution >= 4 is 17.6 Å². The Labute approximate surface area is 88.9 Å². The van der Waals surface area contributed by atoms with Crippen LogP contribution < -0.4 is 5.32 Å². The summed E-state index contributed by atoms with van der Waals surface area (Å²) in [7, 11) is 1.85. The standard InChI is InChI=1S/C10H16N2OS/c1-8(6-13)7-14-10-5-3-4-9(11-2)12-10/h3-5,8,13H,6-7H2,1-2H3,(H,11,12). The van der Waals surface area contributed by atoms with Gasteiger partial charge in [-0.15, -0.1) is 11.8 Å². The maximum atomic E-state index is 8.87. The summed E-state index contributed by atoms with van der Waals surface area (Å²) in [5, 5.41) is 12.9. The topological polar surface area (TPSA) is 45.1 Å². The van der Waals surface area contributed by atoms with Gasteiger partial charge >= 0.3 is 0 Å². The normalized spacial score (nSPS) is 12.5. The Balaban J connectivity index is 2.50.